The topological polar surface area (TPSA) is 78.0 Å². The van der Waals surface area contributed by atoms with E-state index >= 15 is 0 Å². The fraction of sp³-hybridized carbons (Fsp3) is 0. The summed E-state index contributed by atoms with van der Waals surface area (Å²) in [5.41, 5.74) is 1.65. The summed E-state index contributed by atoms with van der Waals surface area (Å²) in [7, 11) is 0. The smallest absolute Gasteiger partial charge is 0.409 e. The van der Waals surface area contributed by atoms with Crippen molar-refractivity contribution in [1.29, 1.82) is 0 Å². The number of hydrogen-bond acceptors (Lipinski definition) is 2. The molecular formula is C8H6ClN3O2. The van der Waals surface area contributed by atoms with Crippen molar-refractivity contribution in [3.8, 4) is 0 Å². The first kappa shape index (κ1) is 8.83. The third-order valence-electron chi connectivity index (χ3n) is 1.73. The Morgan fingerprint density at radius 2 is 2.36 bits per heavy atom. The van der Waals surface area contributed by atoms with E-state index in [0.717, 1.165) is 5.52 Å². The van der Waals surface area contributed by atoms with Crippen LogP contribution in [0.1, 0.15) is 0 Å². The highest BCUT2D eigenvalue weighted by Gasteiger charge is 2.07. The number of hydrogen-bond donors (Lipinski definition) is 3. The summed E-state index contributed by atoms with van der Waals surface area (Å²) in [6.07, 6.45) is 0.398. The third-order valence-corrected chi connectivity index (χ3v) is 1.94. The Morgan fingerprint density at radius 3 is 3.07 bits per heavy atom. The first-order valence-corrected chi connectivity index (χ1v) is 4.18. The largest absolute Gasteiger partial charge is 0.465 e. The summed E-state index contributed by atoms with van der Waals surface area (Å²) >= 11 is 5.68. The monoisotopic (exact) mass is 211 g/mol. The van der Waals surface area contributed by atoms with Gasteiger partial charge in [0.15, 0.2) is 0 Å². The summed E-state index contributed by atoms with van der Waals surface area (Å²) in [5.74, 6) is 0. The van der Waals surface area contributed by atoms with Gasteiger partial charge in [0.05, 0.1) is 11.2 Å². The van der Waals surface area contributed by atoms with Crippen molar-refractivity contribution in [1.82, 2.24) is 9.97 Å². The molecule has 14 heavy (non-hydrogen) atoms. The van der Waals surface area contributed by atoms with Crippen LogP contribution in [0.3, 0.4) is 0 Å². The van der Waals surface area contributed by atoms with E-state index in [1.807, 2.05) is 0 Å². The molecule has 1 amide bonds. The molecule has 0 aliphatic heterocycles. The molecule has 0 atom stereocenters. The number of aromatic amines is 1. The van der Waals surface area contributed by atoms with E-state index in [9.17, 15) is 4.79 Å². The van der Waals surface area contributed by atoms with Gasteiger partial charge in [0.1, 0.15) is 10.7 Å². The minimum atomic E-state index is -1.13. The molecule has 0 spiro atoms. The lowest BCUT2D eigenvalue weighted by Gasteiger charge is -1.96. The predicted molar refractivity (Wildman–Crippen MR) is 52.8 cm³/mol. The van der Waals surface area contributed by atoms with E-state index in [-0.39, 0.29) is 0 Å². The van der Waals surface area contributed by atoms with Gasteiger partial charge in [-0.3, -0.25) is 5.32 Å². The SMILES string of the molecule is O=C(O)Nc1c[nH]c2ccc(Cl)nc12. The molecule has 2 aromatic heterocycles. The highest BCUT2D eigenvalue weighted by atomic mass is 35.5. The Hall–Kier alpha value is -1.75. The molecule has 0 unspecified atom stereocenters. The molecule has 2 aromatic rings. The van der Waals surface area contributed by atoms with Crippen LogP contribution in [0.15, 0.2) is 18.3 Å². The number of H-pyrrole nitrogens is 1. The van der Waals surface area contributed by atoms with Gasteiger partial charge in [-0.1, -0.05) is 11.6 Å². The van der Waals surface area contributed by atoms with Crippen molar-refractivity contribution in [3.05, 3.63) is 23.5 Å². The quantitative estimate of drug-likeness (QED) is 0.634. The number of carbonyl (C=O) groups is 1. The number of pyridine rings is 1. The second-order valence-corrected chi connectivity index (χ2v) is 3.05. The molecular weight excluding hydrogens is 206 g/mol. The number of nitrogens with zero attached hydrogens (tertiary/aromatic N) is 1. The first-order chi connectivity index (χ1) is 6.66. The highest BCUT2D eigenvalue weighted by molar-refractivity contribution is 6.29. The van der Waals surface area contributed by atoms with Gasteiger partial charge in [-0.05, 0) is 12.1 Å². The Morgan fingerprint density at radius 1 is 1.57 bits per heavy atom. The predicted octanol–water partition coefficient (Wildman–Crippen LogP) is 2.31. The minimum absolute atomic E-state index is 0.325. The molecule has 72 valence electrons. The van der Waals surface area contributed by atoms with Gasteiger partial charge >= 0.3 is 6.09 Å². The van der Waals surface area contributed by atoms with Crippen LogP contribution in [-0.2, 0) is 0 Å². The number of anilines is 1. The van der Waals surface area contributed by atoms with E-state index in [4.69, 9.17) is 16.7 Å². The lowest BCUT2D eigenvalue weighted by atomic mass is 10.3. The Labute approximate surface area is 83.7 Å². The maximum atomic E-state index is 10.4. The van der Waals surface area contributed by atoms with Crippen LogP contribution in [0.4, 0.5) is 10.5 Å². The molecule has 0 aliphatic rings. The van der Waals surface area contributed by atoms with E-state index in [2.05, 4.69) is 15.3 Å². The van der Waals surface area contributed by atoms with Gasteiger partial charge in [0.2, 0.25) is 0 Å². The van der Waals surface area contributed by atoms with Gasteiger partial charge in [-0.15, -0.1) is 0 Å². The molecule has 5 nitrogen and oxygen atoms in total. The number of fused-ring (bicyclic) bond motifs is 1. The molecule has 0 aromatic carbocycles. The molecule has 0 fully saturated rings. The van der Waals surface area contributed by atoms with Crippen LogP contribution in [0.25, 0.3) is 11.0 Å². The van der Waals surface area contributed by atoms with Crippen molar-refractivity contribution >= 4 is 34.4 Å². The summed E-state index contributed by atoms with van der Waals surface area (Å²) in [6, 6.07) is 3.36. The second kappa shape index (κ2) is 3.19. The van der Waals surface area contributed by atoms with Crippen molar-refractivity contribution in [2.45, 2.75) is 0 Å². The fourth-order valence-corrected chi connectivity index (χ4v) is 1.33. The zero-order valence-electron chi connectivity index (χ0n) is 6.91. The molecule has 0 aliphatic carbocycles. The zero-order valence-corrected chi connectivity index (χ0v) is 7.67. The van der Waals surface area contributed by atoms with Crippen LogP contribution in [0.2, 0.25) is 5.15 Å². The Kier molecular flexibility index (Phi) is 2.01. The number of carboxylic acid groups (broad SMARTS) is 1. The van der Waals surface area contributed by atoms with E-state index in [0.29, 0.717) is 16.4 Å². The molecule has 0 radical (unpaired) electrons. The summed E-state index contributed by atoms with van der Waals surface area (Å²) in [5, 5.41) is 11.1. The van der Waals surface area contributed by atoms with Crippen LogP contribution in [-0.4, -0.2) is 21.2 Å². The number of halogens is 1. The molecule has 3 N–H and O–H groups in total. The van der Waals surface area contributed by atoms with Crippen molar-refractivity contribution in [2.24, 2.45) is 0 Å². The van der Waals surface area contributed by atoms with Gasteiger partial charge in [-0.25, -0.2) is 9.78 Å². The van der Waals surface area contributed by atoms with Gasteiger partial charge in [0, 0.05) is 6.20 Å². The number of amides is 1. The van der Waals surface area contributed by atoms with Gasteiger partial charge in [0.25, 0.3) is 0 Å². The maximum absolute atomic E-state index is 10.4. The van der Waals surface area contributed by atoms with Gasteiger partial charge in [-0.2, -0.15) is 0 Å². The number of rotatable bonds is 1. The normalized spacial score (nSPS) is 10.4. The fourth-order valence-electron chi connectivity index (χ4n) is 1.19. The average molecular weight is 212 g/mol. The van der Waals surface area contributed by atoms with Crippen LogP contribution < -0.4 is 5.32 Å². The summed E-state index contributed by atoms with van der Waals surface area (Å²) in [6.45, 7) is 0. The maximum Gasteiger partial charge on any atom is 0.409 e. The number of nitrogens with one attached hydrogen (secondary N) is 2. The van der Waals surface area contributed by atoms with Crippen molar-refractivity contribution in [2.75, 3.05) is 5.32 Å². The zero-order chi connectivity index (χ0) is 10.1. The average Bonchev–Trinajstić information content (AvgIpc) is 2.47. The Bertz CT molecular complexity index is 494. The lowest BCUT2D eigenvalue weighted by Crippen LogP contribution is -2.06. The van der Waals surface area contributed by atoms with Crippen LogP contribution in [0.5, 0.6) is 0 Å². The number of aromatic nitrogens is 2. The molecule has 0 bridgehead atoms. The van der Waals surface area contributed by atoms with E-state index < -0.39 is 6.09 Å². The second-order valence-electron chi connectivity index (χ2n) is 2.66. The molecule has 0 saturated carbocycles. The molecule has 2 heterocycles. The molecule has 6 heteroatoms. The standard InChI is InChI=1S/C8H6ClN3O2/c9-6-2-1-4-7(12-6)5(3-10-4)11-8(13)14/h1-3,10-11H,(H,13,14). The van der Waals surface area contributed by atoms with E-state index in [1.165, 1.54) is 6.20 Å². The van der Waals surface area contributed by atoms with Crippen LogP contribution >= 0.6 is 11.6 Å². The Balaban J connectivity index is 2.55. The van der Waals surface area contributed by atoms with E-state index in [1.54, 1.807) is 12.1 Å². The highest BCUT2D eigenvalue weighted by Crippen LogP contribution is 2.22. The van der Waals surface area contributed by atoms with Gasteiger partial charge < -0.3 is 10.1 Å². The first-order valence-electron chi connectivity index (χ1n) is 3.80. The van der Waals surface area contributed by atoms with Crippen molar-refractivity contribution in [3.63, 3.8) is 0 Å². The minimum Gasteiger partial charge on any atom is -0.465 e. The lowest BCUT2D eigenvalue weighted by molar-refractivity contribution is 0.210. The van der Waals surface area contributed by atoms with Crippen LogP contribution in [0, 0.1) is 0 Å². The molecule has 0 saturated heterocycles. The summed E-state index contributed by atoms with van der Waals surface area (Å²) < 4.78 is 0. The van der Waals surface area contributed by atoms with Crippen molar-refractivity contribution < 1.29 is 9.90 Å². The third kappa shape index (κ3) is 1.49. The summed E-state index contributed by atoms with van der Waals surface area (Å²) in [4.78, 5) is 17.3. The molecule has 2 rings (SSSR count).